The number of alkyl halides is 1. The highest BCUT2D eigenvalue weighted by atomic mass is 79.9. The lowest BCUT2D eigenvalue weighted by Gasteiger charge is -2.37. The zero-order chi connectivity index (χ0) is 82.2. The van der Waals surface area contributed by atoms with E-state index >= 15 is 0 Å². The van der Waals surface area contributed by atoms with Crippen LogP contribution in [0.25, 0.3) is 0 Å². The number of nitrogens with two attached hydrogens (primary N) is 1. The van der Waals surface area contributed by atoms with Crippen LogP contribution in [0.3, 0.4) is 0 Å². The fourth-order valence-corrected chi connectivity index (χ4v) is 17.5. The van der Waals surface area contributed by atoms with Crippen molar-refractivity contribution < 1.29 is 78.8 Å². The van der Waals surface area contributed by atoms with Crippen molar-refractivity contribution in [3.05, 3.63) is 191 Å². The number of aldehydes is 1. The number of piperidine rings is 5. The molecule has 0 radical (unpaired) electrons. The van der Waals surface area contributed by atoms with Crippen LogP contribution in [-0.4, -0.2) is 165 Å². The van der Waals surface area contributed by atoms with Gasteiger partial charge < -0.3 is 48.1 Å². The van der Waals surface area contributed by atoms with Gasteiger partial charge in [0.1, 0.15) is 61.1 Å². The summed E-state index contributed by atoms with van der Waals surface area (Å²) < 4.78 is 90.3. The van der Waals surface area contributed by atoms with Gasteiger partial charge in [-0.3, -0.25) is 19.6 Å². The van der Waals surface area contributed by atoms with Gasteiger partial charge in [0.25, 0.3) is 0 Å². The van der Waals surface area contributed by atoms with Crippen molar-refractivity contribution >= 4 is 86.3 Å². The molecule has 21 nitrogen and oxygen atoms in total. The number of carbonyl (C=O) groups is 7. The first kappa shape index (κ1) is 89.8. The minimum atomic E-state index is -1.22. The lowest BCUT2D eigenvalue weighted by molar-refractivity contribution is -0.124. The highest BCUT2D eigenvalue weighted by molar-refractivity contribution is 9.08. The molecule has 10 aliphatic heterocycles. The summed E-state index contributed by atoms with van der Waals surface area (Å²) in [5.41, 5.74) is 5.42. The maximum Gasteiger partial charge on any atom is 0.410 e. The third-order valence-corrected chi connectivity index (χ3v) is 25.7. The summed E-state index contributed by atoms with van der Waals surface area (Å²) in [7, 11) is 1.42. The van der Waals surface area contributed by atoms with Gasteiger partial charge in [-0.15, -0.1) is 0 Å². The maximum atomic E-state index is 12.6. The Hall–Kier alpha value is -8.11. The third kappa shape index (κ3) is 26.2. The average Bonchev–Trinajstić information content (AvgIpc) is 1.64. The molecule has 2 N–H and O–H groups in total. The molecule has 10 heterocycles. The van der Waals surface area contributed by atoms with Crippen molar-refractivity contribution in [3.8, 4) is 0 Å². The molecule has 4 amide bonds. The summed E-state index contributed by atoms with van der Waals surface area (Å²) >= 11 is 2.94. The van der Waals surface area contributed by atoms with Gasteiger partial charge in [0.2, 0.25) is 0 Å². The molecule has 2 unspecified atom stereocenters. The van der Waals surface area contributed by atoms with Gasteiger partial charge in [-0.25, -0.2) is 40.8 Å². The zero-order valence-electron chi connectivity index (χ0n) is 66.8. The summed E-state index contributed by atoms with van der Waals surface area (Å²) in [6, 6.07) is 42.9. The molecule has 10 aliphatic rings. The fourth-order valence-electron chi connectivity index (χ4n) is 16.5. The Morgan fingerprint density at radius 1 is 0.474 bits per heavy atom. The van der Waals surface area contributed by atoms with Crippen molar-refractivity contribution in [1.29, 1.82) is 0 Å². The minimum absolute atomic E-state index is 0.0644. The van der Waals surface area contributed by atoms with E-state index in [1.807, 2.05) is 190 Å². The second kappa shape index (κ2) is 43.2. The molecule has 0 saturated carbocycles. The van der Waals surface area contributed by atoms with Gasteiger partial charge in [-0.2, -0.15) is 4.40 Å². The van der Waals surface area contributed by atoms with Crippen LogP contribution in [0.5, 0.6) is 0 Å². The standard InChI is InChI=1S/C20H28N2O3S.C17H21NO3.C16H19NO3.C15H17NO3.C8H13NO.C7H4BrF3.C4H11NOS/c1-20(2,3)26(24)21-13-16-11-17-9-10-18(12-16)22(17)19(23)25-14-15-7-5-4-6-8-15;1-20-11-14-9-15-7-8-16(10-14)18(15)17(19)21-12-13-5-3-2-4-6-13;18-10-13-8-14-6-7-15(9-13)17(14)16(19)20-11-12-4-2-1-3-5-12;17-14-8-12-6-7-13(9-14)16(12)15(18)19-10-11-4-2-1-3-5-11;1-9-6-2-3-7(9)5-8(10)4-6;8-3-4-1-6(10)7(11)2-5(4)9;1-4(2,3)7(5)6/h4-8,13,16-18H,9-12,14H2,1-3H3;2-6,11,15-16H,7-10,12H2,1H3;1-5,10,13-15H,6-9,11H2;1-5,12-13H,6-10H2;6-7H,2-5H2,1H3;1-2H,3H2;5H2,1-3H3/t16?,17-,18+,26-;15-,16+;13?,14-,15+;12-,13+;6-,7+;;7-/m0.....0/s1. The van der Waals surface area contributed by atoms with E-state index < -0.39 is 39.4 Å². The lowest BCUT2D eigenvalue weighted by atomic mass is 9.92. The molecule has 5 aromatic carbocycles. The van der Waals surface area contributed by atoms with Crippen molar-refractivity contribution in [2.24, 2.45) is 21.4 Å². The fraction of sp³-hybridized carbons (Fsp3) is 0.540. The molecule has 10 bridgehead atoms. The number of rotatable bonds is 13. The Morgan fingerprint density at radius 3 is 1.09 bits per heavy atom. The molecule has 0 spiro atoms. The number of halogens is 4. The number of carbonyl (C=O) groups excluding carboxylic acids is 7. The number of fused-ring (bicyclic) bond motifs is 10. The van der Waals surface area contributed by atoms with Crippen LogP contribution >= 0.6 is 15.9 Å². The van der Waals surface area contributed by atoms with Crippen LogP contribution in [0.4, 0.5) is 32.3 Å². The summed E-state index contributed by atoms with van der Waals surface area (Å²) in [6.45, 7) is 12.5. The Kier molecular flexibility index (Phi) is 34.0. The van der Waals surface area contributed by atoms with E-state index in [0.717, 1.165) is 137 Å². The van der Waals surface area contributed by atoms with E-state index in [1.165, 1.54) is 18.4 Å². The molecule has 0 aromatic heterocycles. The smallest absolute Gasteiger partial charge is 0.410 e. The van der Waals surface area contributed by atoms with Gasteiger partial charge in [-0.05, 0) is 191 Å². The molecule has 14 atom stereocenters. The van der Waals surface area contributed by atoms with E-state index in [2.05, 4.69) is 32.3 Å². The largest absolute Gasteiger partial charge is 0.504 e. The molecular weight excluding hydrogens is 1570 g/mol. The van der Waals surface area contributed by atoms with Crippen LogP contribution < -0.4 is 5.14 Å². The quantitative estimate of drug-likeness (QED) is 0.0287. The number of methoxy groups -OCH3 is 1. The van der Waals surface area contributed by atoms with Crippen LogP contribution in [0.2, 0.25) is 0 Å². The highest BCUT2D eigenvalue weighted by Gasteiger charge is 2.47. The number of ketones is 2. The minimum Gasteiger partial charge on any atom is -0.504 e. The molecule has 0 aliphatic carbocycles. The Balaban J connectivity index is 0.000000157. The van der Waals surface area contributed by atoms with Crippen LogP contribution in [0.15, 0.2) is 150 Å². The molecule has 10 saturated heterocycles. The van der Waals surface area contributed by atoms with E-state index in [9.17, 15) is 55.2 Å². The number of nitrogens with zero attached hydrogens (tertiary/aromatic N) is 6. The van der Waals surface area contributed by atoms with Crippen molar-refractivity contribution in [2.45, 2.75) is 272 Å². The third-order valence-electron chi connectivity index (χ3n) is 22.5. The number of hydrogen-bond donors (Lipinski definition) is 1. The van der Waals surface area contributed by atoms with Crippen LogP contribution in [-0.2, 0) is 91.8 Å². The number of hydrogen-bond acceptors (Lipinski definition) is 15. The van der Waals surface area contributed by atoms with Gasteiger partial charge in [0, 0.05) is 115 Å². The van der Waals surface area contributed by atoms with Crippen molar-refractivity contribution in [1.82, 2.24) is 24.5 Å². The molecule has 620 valence electrons. The van der Waals surface area contributed by atoms with Gasteiger partial charge in [-0.1, -0.05) is 137 Å². The first-order valence-corrected chi connectivity index (χ1v) is 43.1. The van der Waals surface area contributed by atoms with E-state index in [4.69, 9.17) is 28.8 Å². The predicted molar refractivity (Wildman–Crippen MR) is 437 cm³/mol. The zero-order valence-corrected chi connectivity index (χ0v) is 70.1. The second-order valence-electron chi connectivity index (χ2n) is 32.8. The first-order chi connectivity index (χ1) is 54.5. The van der Waals surface area contributed by atoms with Crippen LogP contribution in [0, 0.1) is 29.3 Å². The Labute approximate surface area is 683 Å². The maximum absolute atomic E-state index is 12.6. The molecule has 5 aromatic rings. The van der Waals surface area contributed by atoms with Gasteiger partial charge in [0.15, 0.2) is 11.6 Å². The van der Waals surface area contributed by atoms with Crippen LogP contribution in [0.1, 0.15) is 198 Å². The Morgan fingerprint density at radius 2 is 0.772 bits per heavy atom. The van der Waals surface area contributed by atoms with E-state index in [1.54, 1.807) is 12.0 Å². The molecule has 10 fully saturated rings. The highest BCUT2D eigenvalue weighted by Crippen LogP contribution is 2.42. The second-order valence-corrected chi connectivity index (χ2v) is 37.1. The molecule has 114 heavy (non-hydrogen) atoms. The summed E-state index contributed by atoms with van der Waals surface area (Å²) in [4.78, 5) is 92.6. The molecule has 27 heteroatoms. The number of amides is 4. The van der Waals surface area contributed by atoms with E-state index in [0.29, 0.717) is 63.2 Å². The van der Waals surface area contributed by atoms with Gasteiger partial charge >= 0.3 is 24.4 Å². The topological polar surface area (TPSA) is 254 Å². The monoisotopic (exact) mass is 1680 g/mol. The molecule has 15 rings (SSSR count). The van der Waals surface area contributed by atoms with Crippen molar-refractivity contribution in [3.63, 3.8) is 0 Å². The van der Waals surface area contributed by atoms with Crippen molar-refractivity contribution in [2.75, 3.05) is 14.2 Å². The summed E-state index contributed by atoms with van der Waals surface area (Å²) in [5.74, 6) is -1.76. The van der Waals surface area contributed by atoms with E-state index in [-0.39, 0.29) is 111 Å². The predicted octanol–water partition coefficient (Wildman–Crippen LogP) is 17.1. The summed E-state index contributed by atoms with van der Waals surface area (Å²) in [6.07, 6.45) is 22.1. The first-order valence-electron chi connectivity index (χ1n) is 39.7. The summed E-state index contributed by atoms with van der Waals surface area (Å²) in [5, 5.41) is 5.22. The normalized spacial score (nSPS) is 25.7. The number of Topliss-reactive ketones (excluding diaryl/α,β-unsaturated/α-hetero) is 2. The molecular formula is C87H113BrF3N7O14S2. The number of ether oxygens (including phenoxy) is 5. The van der Waals surface area contributed by atoms with Gasteiger partial charge in [0.05, 0.1) is 33.9 Å². The number of benzene rings is 5. The Bertz CT molecular complexity index is 4030. The lowest BCUT2D eigenvalue weighted by Crippen LogP contribution is -2.47. The average molecular weight is 1680 g/mol. The SMILES string of the molecule is CC(C)(C)[S@@](N)=O.CC(C)(C)[S@](=O)N=CC1C[C@H]2CC[C@@H](C1)N2C(=O)OCc1ccccc1.CN1[C@@H]2CC[C@H]1CC(=O)C2.COC=C1C[C@H]2CC[C@@H](C1)N2C(=O)OCc1ccccc1.Fc1cc(F)c(CBr)cc1F.O=C1C[C@H]2CC[C@@H](C1)N2C(=O)OCc1ccccc1.O=CC1C[C@H]2CC[C@@H](C1)N2C(=O)OCc1ccccc1.